The van der Waals surface area contributed by atoms with E-state index in [1.54, 1.807) is 11.8 Å². The number of hydrogen-bond acceptors (Lipinski definition) is 5. The largest absolute Gasteiger partial charge is 0.332 e. The Hall–Kier alpha value is -2.35. The summed E-state index contributed by atoms with van der Waals surface area (Å²) in [6.07, 6.45) is 4.78. The molecule has 0 aliphatic carbocycles. The van der Waals surface area contributed by atoms with Crippen LogP contribution in [0.25, 0.3) is 11.0 Å². The number of aromatic nitrogens is 5. The zero-order valence-electron chi connectivity index (χ0n) is 17.5. The lowest BCUT2D eigenvalue weighted by atomic mass is 10.1. The van der Waals surface area contributed by atoms with E-state index in [0.717, 1.165) is 53.6 Å². The molecule has 0 saturated carbocycles. The number of fused-ring (bicyclic) bond motifs is 1. The standard InChI is InChI=1S/C21H28N6OS/c1-5-18-22-15-9-6-7-10-16(15)27(18)13-14(2)20(28)26-12-8-11-17(26)19-23-24-21(29-4)25(19)3/h6-7,9-10,14,17H,5,8,11-13H2,1-4H3/t14-,17-/m1/s1. The minimum atomic E-state index is -0.133. The fourth-order valence-electron chi connectivity index (χ4n) is 4.33. The molecule has 0 N–H and O–H groups in total. The smallest absolute Gasteiger partial charge is 0.227 e. The van der Waals surface area contributed by atoms with E-state index in [4.69, 9.17) is 4.98 Å². The summed E-state index contributed by atoms with van der Waals surface area (Å²) in [5.74, 6) is 1.96. The van der Waals surface area contributed by atoms with Crippen molar-refractivity contribution < 1.29 is 4.79 Å². The Balaban J connectivity index is 1.57. The van der Waals surface area contributed by atoms with Gasteiger partial charge in [0.1, 0.15) is 5.82 Å². The van der Waals surface area contributed by atoms with E-state index in [1.165, 1.54) is 0 Å². The number of benzene rings is 1. The van der Waals surface area contributed by atoms with E-state index in [1.807, 2.05) is 47.9 Å². The molecular formula is C21H28N6OS. The van der Waals surface area contributed by atoms with E-state index in [2.05, 4.69) is 27.8 Å². The number of nitrogens with zero attached hydrogens (tertiary/aromatic N) is 6. The fourth-order valence-corrected chi connectivity index (χ4v) is 4.82. The van der Waals surface area contributed by atoms with Crippen LogP contribution in [-0.4, -0.2) is 47.9 Å². The van der Waals surface area contributed by atoms with Gasteiger partial charge in [0.15, 0.2) is 11.0 Å². The Morgan fingerprint density at radius 1 is 1.31 bits per heavy atom. The van der Waals surface area contributed by atoms with Gasteiger partial charge in [0.05, 0.1) is 23.0 Å². The average molecular weight is 413 g/mol. The summed E-state index contributed by atoms with van der Waals surface area (Å²) in [5.41, 5.74) is 2.09. The summed E-state index contributed by atoms with van der Waals surface area (Å²) in [5, 5.41) is 9.53. The molecule has 2 atom stereocenters. The molecule has 4 rings (SSSR count). The number of likely N-dealkylation sites (tertiary alicyclic amines) is 1. The Kier molecular flexibility index (Phi) is 5.63. The number of imidazole rings is 1. The lowest BCUT2D eigenvalue weighted by Crippen LogP contribution is -2.37. The molecule has 2 aromatic heterocycles. The van der Waals surface area contributed by atoms with Crippen molar-refractivity contribution in [1.29, 1.82) is 0 Å². The Morgan fingerprint density at radius 2 is 2.10 bits per heavy atom. The van der Waals surface area contributed by atoms with Crippen molar-refractivity contribution in [3.8, 4) is 0 Å². The Bertz CT molecular complexity index is 1030. The zero-order chi connectivity index (χ0) is 20.5. The summed E-state index contributed by atoms with van der Waals surface area (Å²) in [6, 6.07) is 8.16. The molecule has 1 aliphatic rings. The molecule has 154 valence electrons. The number of para-hydroxylation sites is 2. The minimum Gasteiger partial charge on any atom is -0.332 e. The first kappa shape index (κ1) is 19.9. The third-order valence-electron chi connectivity index (χ3n) is 5.81. The van der Waals surface area contributed by atoms with Crippen LogP contribution in [0.15, 0.2) is 29.4 Å². The van der Waals surface area contributed by atoms with Crippen molar-refractivity contribution in [2.45, 2.75) is 50.9 Å². The molecular weight excluding hydrogens is 384 g/mol. The minimum absolute atomic E-state index is 0.00790. The Labute approximate surface area is 175 Å². The van der Waals surface area contributed by atoms with Gasteiger partial charge in [0.25, 0.3) is 0 Å². The second kappa shape index (κ2) is 8.18. The van der Waals surface area contributed by atoms with Crippen molar-refractivity contribution in [2.75, 3.05) is 12.8 Å². The van der Waals surface area contributed by atoms with Crippen molar-refractivity contribution in [3.63, 3.8) is 0 Å². The topological polar surface area (TPSA) is 68.8 Å². The van der Waals surface area contributed by atoms with Crippen LogP contribution in [0.3, 0.4) is 0 Å². The lowest BCUT2D eigenvalue weighted by Gasteiger charge is -2.27. The summed E-state index contributed by atoms with van der Waals surface area (Å²) in [6.45, 7) is 5.55. The molecule has 3 aromatic rings. The summed E-state index contributed by atoms with van der Waals surface area (Å²) >= 11 is 1.57. The van der Waals surface area contributed by atoms with Crippen LogP contribution in [0.5, 0.6) is 0 Å². The highest BCUT2D eigenvalue weighted by Gasteiger charge is 2.35. The molecule has 8 heteroatoms. The van der Waals surface area contributed by atoms with E-state index < -0.39 is 0 Å². The van der Waals surface area contributed by atoms with Crippen molar-refractivity contribution in [3.05, 3.63) is 35.9 Å². The first-order chi connectivity index (χ1) is 14.0. The summed E-state index contributed by atoms with van der Waals surface area (Å²) in [7, 11) is 1.98. The quantitative estimate of drug-likeness (QED) is 0.580. The first-order valence-corrected chi connectivity index (χ1v) is 11.5. The number of hydrogen-bond donors (Lipinski definition) is 0. The van der Waals surface area contributed by atoms with Crippen LogP contribution < -0.4 is 0 Å². The molecule has 1 fully saturated rings. The molecule has 3 heterocycles. The van der Waals surface area contributed by atoms with Gasteiger partial charge in [-0.05, 0) is 31.2 Å². The van der Waals surface area contributed by atoms with Gasteiger partial charge in [0.2, 0.25) is 5.91 Å². The Morgan fingerprint density at radius 3 is 2.83 bits per heavy atom. The van der Waals surface area contributed by atoms with Crippen LogP contribution in [0.2, 0.25) is 0 Å². The molecule has 1 amide bonds. The van der Waals surface area contributed by atoms with Gasteiger partial charge in [-0.15, -0.1) is 10.2 Å². The van der Waals surface area contributed by atoms with Crippen LogP contribution in [0.4, 0.5) is 0 Å². The monoisotopic (exact) mass is 412 g/mol. The highest BCUT2D eigenvalue weighted by atomic mass is 32.2. The van der Waals surface area contributed by atoms with Crippen LogP contribution >= 0.6 is 11.8 Å². The van der Waals surface area contributed by atoms with Crippen molar-refractivity contribution >= 4 is 28.7 Å². The van der Waals surface area contributed by atoms with Gasteiger partial charge in [-0.2, -0.15) is 0 Å². The number of carbonyl (C=O) groups excluding carboxylic acids is 1. The number of thioether (sulfide) groups is 1. The van der Waals surface area contributed by atoms with E-state index in [9.17, 15) is 4.79 Å². The van der Waals surface area contributed by atoms with Gasteiger partial charge in [-0.1, -0.05) is 37.7 Å². The van der Waals surface area contributed by atoms with E-state index in [-0.39, 0.29) is 17.9 Å². The number of amides is 1. The maximum atomic E-state index is 13.4. The summed E-state index contributed by atoms with van der Waals surface area (Å²) in [4.78, 5) is 20.2. The number of rotatable bonds is 6. The van der Waals surface area contributed by atoms with Crippen molar-refractivity contribution in [1.82, 2.24) is 29.2 Å². The van der Waals surface area contributed by atoms with Gasteiger partial charge in [0, 0.05) is 26.6 Å². The molecule has 0 bridgehead atoms. The highest BCUT2D eigenvalue weighted by molar-refractivity contribution is 7.98. The van der Waals surface area contributed by atoms with Crippen LogP contribution in [0.1, 0.15) is 44.4 Å². The molecule has 29 heavy (non-hydrogen) atoms. The second-order valence-corrected chi connectivity index (χ2v) is 8.45. The van der Waals surface area contributed by atoms with Crippen LogP contribution in [-0.2, 0) is 24.8 Å². The zero-order valence-corrected chi connectivity index (χ0v) is 18.3. The van der Waals surface area contributed by atoms with E-state index in [0.29, 0.717) is 6.54 Å². The number of carbonyl (C=O) groups is 1. The first-order valence-electron chi connectivity index (χ1n) is 10.2. The molecule has 0 unspecified atom stereocenters. The molecule has 1 aliphatic heterocycles. The molecule has 0 radical (unpaired) electrons. The molecule has 7 nitrogen and oxygen atoms in total. The van der Waals surface area contributed by atoms with Gasteiger partial charge < -0.3 is 14.0 Å². The second-order valence-electron chi connectivity index (χ2n) is 7.68. The van der Waals surface area contributed by atoms with Gasteiger partial charge in [-0.25, -0.2) is 4.98 Å². The van der Waals surface area contributed by atoms with Crippen LogP contribution in [0, 0.1) is 5.92 Å². The SMILES string of the molecule is CCc1nc2ccccc2n1C[C@@H](C)C(=O)N1CCC[C@@H]1c1nnc(SC)n1C. The maximum absolute atomic E-state index is 13.4. The molecule has 1 aromatic carbocycles. The van der Waals surface area contributed by atoms with Crippen molar-refractivity contribution in [2.24, 2.45) is 13.0 Å². The average Bonchev–Trinajstić information content (AvgIpc) is 3.44. The normalized spacial score (nSPS) is 17.9. The fraction of sp³-hybridized carbons (Fsp3) is 0.524. The summed E-state index contributed by atoms with van der Waals surface area (Å²) < 4.78 is 4.22. The third kappa shape index (κ3) is 3.54. The molecule has 1 saturated heterocycles. The number of aryl methyl sites for hydroxylation is 1. The lowest BCUT2D eigenvalue weighted by molar-refractivity contribution is -0.136. The van der Waals surface area contributed by atoms with E-state index >= 15 is 0 Å². The van der Waals surface area contributed by atoms with Gasteiger partial charge >= 0.3 is 0 Å². The maximum Gasteiger partial charge on any atom is 0.227 e. The predicted molar refractivity (Wildman–Crippen MR) is 115 cm³/mol. The predicted octanol–water partition coefficient (Wildman–Crippen LogP) is 3.45. The third-order valence-corrected chi connectivity index (χ3v) is 6.53. The highest BCUT2D eigenvalue weighted by Crippen LogP contribution is 2.33. The van der Waals surface area contributed by atoms with Gasteiger partial charge in [-0.3, -0.25) is 4.79 Å². The molecule has 0 spiro atoms.